The molecule has 1 saturated carbocycles. The fraction of sp³-hybridized carbons (Fsp3) is 0.429. The van der Waals surface area contributed by atoms with E-state index >= 15 is 0 Å². The van der Waals surface area contributed by atoms with Crippen molar-refractivity contribution in [2.45, 2.75) is 31.8 Å². The van der Waals surface area contributed by atoms with E-state index in [1.165, 1.54) is 6.92 Å². The maximum Gasteiger partial charge on any atom is 0.250 e. The summed E-state index contributed by atoms with van der Waals surface area (Å²) in [6.45, 7) is 1.45. The topological polar surface area (TPSA) is 49.4 Å². The van der Waals surface area contributed by atoms with Crippen molar-refractivity contribution < 1.29 is 22.8 Å². The highest BCUT2D eigenvalue weighted by Crippen LogP contribution is 2.36. The molecule has 1 heterocycles. The number of piperazine rings is 1. The van der Waals surface area contributed by atoms with Gasteiger partial charge in [0.1, 0.15) is 12.1 Å². The number of amides is 2. The number of nitrogens with one attached hydrogen (secondary N) is 1. The largest absolute Gasteiger partial charge is 0.342 e. The van der Waals surface area contributed by atoms with Crippen molar-refractivity contribution in [1.82, 2.24) is 5.32 Å². The number of hydrogen-bond donors (Lipinski definition) is 1. The molecule has 2 fully saturated rings. The molecule has 2 unspecified atom stereocenters. The second-order valence-corrected chi connectivity index (χ2v) is 5.43. The van der Waals surface area contributed by atoms with Crippen LogP contribution in [0.15, 0.2) is 12.1 Å². The first kappa shape index (κ1) is 13.9. The minimum absolute atomic E-state index is 0.0617. The first-order valence-corrected chi connectivity index (χ1v) is 6.68. The van der Waals surface area contributed by atoms with E-state index in [2.05, 4.69) is 5.32 Å². The summed E-state index contributed by atoms with van der Waals surface area (Å²) < 4.78 is 39.8. The van der Waals surface area contributed by atoms with Crippen molar-refractivity contribution >= 4 is 17.5 Å². The lowest BCUT2D eigenvalue weighted by atomic mass is 10.0. The van der Waals surface area contributed by atoms with Gasteiger partial charge in [-0.05, 0) is 25.7 Å². The molecule has 4 nitrogen and oxygen atoms in total. The summed E-state index contributed by atoms with van der Waals surface area (Å²) >= 11 is 0. The van der Waals surface area contributed by atoms with Gasteiger partial charge in [0.15, 0.2) is 17.5 Å². The van der Waals surface area contributed by atoms with Gasteiger partial charge in [-0.3, -0.25) is 14.5 Å². The number of nitrogens with zero attached hydrogens (tertiary/aromatic N) is 1. The average Bonchev–Trinajstić information content (AvgIpc) is 3.24. The summed E-state index contributed by atoms with van der Waals surface area (Å²) in [6, 6.07) is -0.119. The van der Waals surface area contributed by atoms with Crippen LogP contribution in [0.4, 0.5) is 18.9 Å². The van der Waals surface area contributed by atoms with Gasteiger partial charge in [0, 0.05) is 12.1 Å². The van der Waals surface area contributed by atoms with E-state index in [0.29, 0.717) is 0 Å². The smallest absolute Gasteiger partial charge is 0.250 e. The van der Waals surface area contributed by atoms with Crippen molar-refractivity contribution in [2.75, 3.05) is 4.90 Å². The fourth-order valence-corrected chi connectivity index (χ4v) is 2.57. The zero-order valence-electron chi connectivity index (χ0n) is 11.2. The van der Waals surface area contributed by atoms with Crippen LogP contribution in [0, 0.1) is 23.4 Å². The molecule has 1 aliphatic heterocycles. The monoisotopic (exact) mass is 298 g/mol. The highest BCUT2D eigenvalue weighted by atomic mass is 19.2. The van der Waals surface area contributed by atoms with Crippen LogP contribution in [0.5, 0.6) is 0 Å². The van der Waals surface area contributed by atoms with E-state index in [-0.39, 0.29) is 11.6 Å². The van der Waals surface area contributed by atoms with Gasteiger partial charge in [0.2, 0.25) is 5.91 Å². The van der Waals surface area contributed by atoms with Crippen LogP contribution in [0.3, 0.4) is 0 Å². The molecule has 1 aliphatic carbocycles. The molecular weight excluding hydrogens is 285 g/mol. The first-order chi connectivity index (χ1) is 9.90. The Hall–Kier alpha value is -2.05. The van der Waals surface area contributed by atoms with Crippen molar-refractivity contribution in [3.63, 3.8) is 0 Å². The molecule has 0 radical (unpaired) electrons. The van der Waals surface area contributed by atoms with Crippen molar-refractivity contribution in [3.8, 4) is 0 Å². The second-order valence-electron chi connectivity index (χ2n) is 5.43. The minimum atomic E-state index is -1.60. The van der Waals surface area contributed by atoms with Crippen LogP contribution in [0.25, 0.3) is 0 Å². The summed E-state index contributed by atoms with van der Waals surface area (Å²) in [5.74, 6) is -5.13. The van der Waals surface area contributed by atoms with E-state index < -0.39 is 41.3 Å². The van der Waals surface area contributed by atoms with E-state index in [0.717, 1.165) is 29.9 Å². The third kappa shape index (κ3) is 2.26. The number of rotatable bonds is 2. The summed E-state index contributed by atoms with van der Waals surface area (Å²) in [7, 11) is 0. The highest BCUT2D eigenvalue weighted by molar-refractivity contribution is 6.08. The molecule has 1 saturated heterocycles. The molecular formula is C14H13F3N2O2. The number of hydrogen-bond acceptors (Lipinski definition) is 2. The quantitative estimate of drug-likeness (QED) is 0.845. The first-order valence-electron chi connectivity index (χ1n) is 6.68. The summed E-state index contributed by atoms with van der Waals surface area (Å²) in [5, 5.41) is 2.63. The lowest BCUT2D eigenvalue weighted by Gasteiger charge is -2.37. The predicted molar refractivity (Wildman–Crippen MR) is 67.9 cm³/mol. The van der Waals surface area contributed by atoms with Crippen LogP contribution < -0.4 is 10.2 Å². The molecule has 0 spiro atoms. The molecule has 7 heteroatoms. The third-order valence-electron chi connectivity index (χ3n) is 3.91. The summed E-state index contributed by atoms with van der Waals surface area (Å²) in [6.07, 6.45) is 1.65. The Balaban J connectivity index is 2.01. The highest BCUT2D eigenvalue weighted by Gasteiger charge is 2.46. The lowest BCUT2D eigenvalue weighted by molar-refractivity contribution is -0.134. The zero-order valence-corrected chi connectivity index (χ0v) is 11.2. The second kappa shape index (κ2) is 4.75. The number of benzene rings is 1. The Morgan fingerprint density at radius 3 is 2.24 bits per heavy atom. The van der Waals surface area contributed by atoms with Gasteiger partial charge in [0.05, 0.1) is 5.69 Å². The molecule has 0 aromatic heterocycles. The maximum atomic E-state index is 13.4. The van der Waals surface area contributed by atoms with Crippen molar-refractivity contribution in [1.29, 1.82) is 0 Å². The molecule has 1 aromatic carbocycles. The standard InChI is InChI=1S/C14H13F3N2O2/c1-6-13(20)18-12(7-2-3-7)14(21)19(6)8-4-9(15)11(17)10(16)5-8/h4-7,12H,2-3H2,1H3,(H,18,20). The van der Waals surface area contributed by atoms with Gasteiger partial charge in [-0.15, -0.1) is 0 Å². The van der Waals surface area contributed by atoms with Gasteiger partial charge < -0.3 is 5.32 Å². The van der Waals surface area contributed by atoms with Gasteiger partial charge in [-0.2, -0.15) is 0 Å². The molecule has 1 aromatic rings. The molecule has 2 amide bonds. The van der Waals surface area contributed by atoms with Crippen molar-refractivity contribution in [3.05, 3.63) is 29.6 Å². The normalized spacial score (nSPS) is 26.0. The molecule has 2 atom stereocenters. The minimum Gasteiger partial charge on any atom is -0.342 e. The Labute approximate surface area is 118 Å². The summed E-state index contributed by atoms with van der Waals surface area (Å²) in [5.41, 5.74) is -0.149. The SMILES string of the molecule is CC1C(=O)NC(C2CC2)C(=O)N1c1cc(F)c(F)c(F)c1. The van der Waals surface area contributed by atoms with E-state index in [1.54, 1.807) is 0 Å². The molecule has 0 bridgehead atoms. The average molecular weight is 298 g/mol. The number of halogens is 3. The van der Waals surface area contributed by atoms with Crippen LogP contribution in [0.1, 0.15) is 19.8 Å². The van der Waals surface area contributed by atoms with E-state index in [9.17, 15) is 22.8 Å². The fourth-order valence-electron chi connectivity index (χ4n) is 2.57. The number of anilines is 1. The van der Waals surface area contributed by atoms with Gasteiger partial charge >= 0.3 is 0 Å². The Morgan fingerprint density at radius 1 is 1.14 bits per heavy atom. The number of carbonyl (C=O) groups is 2. The molecule has 3 rings (SSSR count). The Morgan fingerprint density at radius 2 is 1.71 bits per heavy atom. The molecule has 21 heavy (non-hydrogen) atoms. The Kier molecular flexibility index (Phi) is 3.15. The number of carbonyl (C=O) groups excluding carboxylic acids is 2. The van der Waals surface area contributed by atoms with E-state index in [4.69, 9.17) is 0 Å². The maximum absolute atomic E-state index is 13.4. The lowest BCUT2D eigenvalue weighted by Crippen LogP contribution is -2.63. The predicted octanol–water partition coefficient (Wildman–Crippen LogP) is 1.73. The third-order valence-corrected chi connectivity index (χ3v) is 3.91. The molecule has 112 valence electrons. The van der Waals surface area contributed by atoms with Crippen LogP contribution >= 0.6 is 0 Å². The molecule has 1 N–H and O–H groups in total. The van der Waals surface area contributed by atoms with Crippen molar-refractivity contribution in [2.24, 2.45) is 5.92 Å². The van der Waals surface area contributed by atoms with E-state index in [1.807, 2.05) is 0 Å². The Bertz CT molecular complexity index is 608. The molecule has 2 aliphatic rings. The van der Waals surface area contributed by atoms with Gasteiger partial charge in [0.25, 0.3) is 5.91 Å². The summed E-state index contributed by atoms with van der Waals surface area (Å²) in [4.78, 5) is 25.4. The van der Waals surface area contributed by atoms with Gasteiger partial charge in [-0.25, -0.2) is 13.2 Å². The van der Waals surface area contributed by atoms with Crippen LogP contribution in [-0.2, 0) is 9.59 Å². The zero-order chi connectivity index (χ0) is 15.3. The van der Waals surface area contributed by atoms with Crippen LogP contribution in [-0.4, -0.2) is 23.9 Å². The van der Waals surface area contributed by atoms with Gasteiger partial charge in [-0.1, -0.05) is 0 Å². The van der Waals surface area contributed by atoms with Crippen LogP contribution in [0.2, 0.25) is 0 Å².